The van der Waals surface area contributed by atoms with E-state index in [0.29, 0.717) is 0 Å². The second-order valence-electron chi connectivity index (χ2n) is 3.84. The van der Waals surface area contributed by atoms with Crippen LogP contribution in [0.3, 0.4) is 0 Å². The van der Waals surface area contributed by atoms with Crippen LogP contribution in [0.4, 0.5) is 0 Å². The lowest BCUT2D eigenvalue weighted by Crippen LogP contribution is -2.25. The number of hydrogen-bond acceptors (Lipinski definition) is 2. The highest BCUT2D eigenvalue weighted by molar-refractivity contribution is 5.76. The zero-order chi connectivity index (χ0) is 10.7. The smallest absolute Gasteiger partial charge is 0.309 e. The van der Waals surface area contributed by atoms with E-state index in [2.05, 4.69) is 22.9 Å². The van der Waals surface area contributed by atoms with Gasteiger partial charge in [0.25, 0.3) is 0 Å². The van der Waals surface area contributed by atoms with Crippen molar-refractivity contribution in [1.29, 1.82) is 0 Å². The van der Waals surface area contributed by atoms with Gasteiger partial charge in [0.05, 0.1) is 13.0 Å². The predicted molar refractivity (Wildman–Crippen MR) is 59.2 cm³/mol. The lowest BCUT2D eigenvalue weighted by Gasteiger charge is -2.26. The number of esters is 1. The van der Waals surface area contributed by atoms with Crippen LogP contribution >= 0.6 is 0 Å². The molecular formula is C13H14O2. The normalized spacial score (nSPS) is 19.3. The molecule has 0 heterocycles. The fraction of sp³-hybridized carbons (Fsp3) is 0.308. The molecule has 0 unspecified atom stereocenters. The van der Waals surface area contributed by atoms with Crippen LogP contribution in [0.25, 0.3) is 6.08 Å². The van der Waals surface area contributed by atoms with Gasteiger partial charge in [-0.2, -0.15) is 0 Å². The minimum atomic E-state index is -0.0831. The van der Waals surface area contributed by atoms with E-state index >= 15 is 0 Å². The van der Waals surface area contributed by atoms with Crippen LogP contribution in [0.1, 0.15) is 18.4 Å². The number of benzene rings is 1. The summed E-state index contributed by atoms with van der Waals surface area (Å²) in [7, 11) is 1.45. The fourth-order valence-corrected chi connectivity index (χ4v) is 1.81. The van der Waals surface area contributed by atoms with Gasteiger partial charge in [0.1, 0.15) is 0 Å². The highest BCUT2D eigenvalue weighted by Crippen LogP contribution is 2.35. The number of methoxy groups -OCH3 is 1. The average Bonchev–Trinajstić information content (AvgIpc) is 2.23. The van der Waals surface area contributed by atoms with Crippen LogP contribution in [0.5, 0.6) is 0 Å². The number of ether oxygens (including phenoxy) is 1. The Kier molecular flexibility index (Phi) is 2.86. The maximum Gasteiger partial charge on any atom is 0.309 e. The summed E-state index contributed by atoms with van der Waals surface area (Å²) in [5.41, 5.74) is 2.53. The summed E-state index contributed by atoms with van der Waals surface area (Å²) in [4.78, 5) is 11.1. The molecule has 0 radical (unpaired) electrons. The maximum atomic E-state index is 11.1. The number of carbonyl (C=O) groups is 1. The van der Waals surface area contributed by atoms with Crippen molar-refractivity contribution in [1.82, 2.24) is 0 Å². The first-order chi connectivity index (χ1) is 7.29. The lowest BCUT2D eigenvalue weighted by atomic mass is 9.79. The van der Waals surface area contributed by atoms with Gasteiger partial charge in [-0.3, -0.25) is 4.79 Å². The van der Waals surface area contributed by atoms with Crippen molar-refractivity contribution in [3.8, 4) is 0 Å². The number of allylic oxidation sites excluding steroid dienone is 1. The van der Waals surface area contributed by atoms with Crippen LogP contribution in [0, 0.1) is 5.92 Å². The molecule has 0 atom stereocenters. The molecule has 1 fully saturated rings. The Morgan fingerprint density at radius 3 is 2.60 bits per heavy atom. The molecule has 0 N–H and O–H groups in total. The Morgan fingerprint density at radius 1 is 1.33 bits per heavy atom. The Bertz CT molecular complexity index is 371. The minimum absolute atomic E-state index is 0.0831. The molecule has 2 heteroatoms. The van der Waals surface area contributed by atoms with Gasteiger partial charge in [0, 0.05) is 0 Å². The molecule has 78 valence electrons. The van der Waals surface area contributed by atoms with Gasteiger partial charge < -0.3 is 4.74 Å². The largest absolute Gasteiger partial charge is 0.469 e. The number of hydrogen-bond donors (Lipinski definition) is 0. The topological polar surface area (TPSA) is 26.3 Å². The highest BCUT2D eigenvalue weighted by atomic mass is 16.5. The van der Waals surface area contributed by atoms with Crippen LogP contribution in [0.15, 0.2) is 35.9 Å². The Morgan fingerprint density at radius 2 is 2.00 bits per heavy atom. The van der Waals surface area contributed by atoms with Crippen molar-refractivity contribution in [2.24, 2.45) is 5.92 Å². The molecule has 0 amide bonds. The van der Waals surface area contributed by atoms with Crippen molar-refractivity contribution in [3.05, 3.63) is 41.5 Å². The maximum absolute atomic E-state index is 11.1. The summed E-state index contributed by atoms with van der Waals surface area (Å²) in [6.07, 6.45) is 3.85. The molecule has 2 nitrogen and oxygen atoms in total. The molecule has 1 aromatic carbocycles. The Balaban J connectivity index is 1.95. The third-order valence-corrected chi connectivity index (χ3v) is 2.72. The third-order valence-electron chi connectivity index (χ3n) is 2.72. The van der Waals surface area contributed by atoms with E-state index in [4.69, 9.17) is 0 Å². The van der Waals surface area contributed by atoms with E-state index < -0.39 is 0 Å². The van der Waals surface area contributed by atoms with E-state index in [1.807, 2.05) is 18.2 Å². The number of rotatable bonds is 2. The zero-order valence-corrected chi connectivity index (χ0v) is 8.77. The standard InChI is InChI=1S/C13H14O2/c1-15-13(14)12-8-11(9-12)7-10-5-3-2-4-6-10/h2-7,12H,8-9H2,1H3. The van der Waals surface area contributed by atoms with E-state index in [1.54, 1.807) is 0 Å². The van der Waals surface area contributed by atoms with Gasteiger partial charge in [0.2, 0.25) is 0 Å². The summed E-state index contributed by atoms with van der Waals surface area (Å²) in [6.45, 7) is 0. The van der Waals surface area contributed by atoms with Crippen LogP contribution in [-0.2, 0) is 9.53 Å². The molecule has 0 spiro atoms. The molecule has 1 saturated carbocycles. The van der Waals surface area contributed by atoms with Gasteiger partial charge in [-0.05, 0) is 18.4 Å². The summed E-state index contributed by atoms with van der Waals surface area (Å²) in [6, 6.07) is 10.2. The van der Waals surface area contributed by atoms with E-state index in [1.165, 1.54) is 18.2 Å². The van der Waals surface area contributed by atoms with Crippen LogP contribution in [-0.4, -0.2) is 13.1 Å². The second kappa shape index (κ2) is 4.30. The van der Waals surface area contributed by atoms with Crippen molar-refractivity contribution in [3.63, 3.8) is 0 Å². The molecule has 0 bridgehead atoms. The van der Waals surface area contributed by atoms with Crippen LogP contribution < -0.4 is 0 Å². The molecule has 1 aromatic rings. The Labute approximate surface area is 89.6 Å². The monoisotopic (exact) mass is 202 g/mol. The second-order valence-corrected chi connectivity index (χ2v) is 3.84. The highest BCUT2D eigenvalue weighted by Gasteiger charge is 2.30. The molecule has 0 saturated heterocycles. The van der Waals surface area contributed by atoms with Crippen molar-refractivity contribution < 1.29 is 9.53 Å². The Hall–Kier alpha value is -1.57. The number of carbonyl (C=O) groups excluding carboxylic acids is 1. The van der Waals surface area contributed by atoms with E-state index in [0.717, 1.165) is 12.8 Å². The van der Waals surface area contributed by atoms with Crippen molar-refractivity contribution in [2.75, 3.05) is 7.11 Å². The molecule has 0 aliphatic heterocycles. The first kappa shape index (κ1) is 9.97. The first-order valence-corrected chi connectivity index (χ1v) is 5.12. The minimum Gasteiger partial charge on any atom is -0.469 e. The quantitative estimate of drug-likeness (QED) is 0.689. The van der Waals surface area contributed by atoms with Crippen molar-refractivity contribution in [2.45, 2.75) is 12.8 Å². The van der Waals surface area contributed by atoms with Gasteiger partial charge in [-0.1, -0.05) is 42.0 Å². The van der Waals surface area contributed by atoms with E-state index in [9.17, 15) is 4.79 Å². The molecular weight excluding hydrogens is 188 g/mol. The fourth-order valence-electron chi connectivity index (χ4n) is 1.81. The average molecular weight is 202 g/mol. The molecule has 2 rings (SSSR count). The SMILES string of the molecule is COC(=O)C1CC(=Cc2ccccc2)C1. The first-order valence-electron chi connectivity index (χ1n) is 5.12. The van der Waals surface area contributed by atoms with Gasteiger partial charge in [-0.15, -0.1) is 0 Å². The van der Waals surface area contributed by atoms with Crippen molar-refractivity contribution >= 4 is 12.0 Å². The van der Waals surface area contributed by atoms with Gasteiger partial charge in [0.15, 0.2) is 0 Å². The van der Waals surface area contributed by atoms with Crippen LogP contribution in [0.2, 0.25) is 0 Å². The third kappa shape index (κ3) is 2.27. The van der Waals surface area contributed by atoms with E-state index in [-0.39, 0.29) is 11.9 Å². The molecule has 0 aromatic heterocycles. The zero-order valence-electron chi connectivity index (χ0n) is 8.77. The lowest BCUT2D eigenvalue weighted by molar-refractivity contribution is -0.146. The summed E-state index contributed by atoms with van der Waals surface area (Å²) in [5, 5.41) is 0. The molecule has 1 aliphatic carbocycles. The summed E-state index contributed by atoms with van der Waals surface area (Å²) >= 11 is 0. The summed E-state index contributed by atoms with van der Waals surface area (Å²) < 4.78 is 4.69. The predicted octanol–water partition coefficient (Wildman–Crippen LogP) is 2.65. The summed E-state index contributed by atoms with van der Waals surface area (Å²) in [5.74, 6) is 0.00479. The molecule has 15 heavy (non-hydrogen) atoms. The molecule has 1 aliphatic rings. The van der Waals surface area contributed by atoms with Gasteiger partial charge in [-0.25, -0.2) is 0 Å². The van der Waals surface area contributed by atoms with Gasteiger partial charge >= 0.3 is 5.97 Å².